The van der Waals surface area contributed by atoms with Gasteiger partial charge in [-0.1, -0.05) is 5.16 Å². The molecule has 0 N–H and O–H groups in total. The highest BCUT2D eigenvalue weighted by Crippen LogP contribution is 2.34. The minimum absolute atomic E-state index is 0.251. The summed E-state index contributed by atoms with van der Waals surface area (Å²) in [5.41, 5.74) is -0.0688. The lowest BCUT2D eigenvalue weighted by atomic mass is 9.97. The highest BCUT2D eigenvalue weighted by Gasteiger charge is 2.45. The Labute approximate surface area is 125 Å². The second kappa shape index (κ2) is 5.00. The second-order valence-electron chi connectivity index (χ2n) is 5.83. The third kappa shape index (κ3) is 2.67. The predicted octanol–water partition coefficient (Wildman–Crippen LogP) is 3.09. The first-order chi connectivity index (χ1) is 10.3. The van der Waals surface area contributed by atoms with Gasteiger partial charge in [-0.2, -0.15) is 13.2 Å². The Morgan fingerprint density at radius 1 is 1.32 bits per heavy atom. The van der Waals surface area contributed by atoms with Crippen LogP contribution < -0.4 is 0 Å². The first-order valence-corrected chi connectivity index (χ1v) is 6.97. The largest absolute Gasteiger partial charge is 0.416 e. The zero-order valence-corrected chi connectivity index (χ0v) is 12.0. The van der Waals surface area contributed by atoms with Crippen molar-refractivity contribution in [2.24, 2.45) is 5.16 Å². The van der Waals surface area contributed by atoms with Crippen molar-refractivity contribution in [3.8, 4) is 0 Å². The van der Waals surface area contributed by atoms with E-state index in [9.17, 15) is 18.0 Å². The Balaban J connectivity index is 1.70. The van der Waals surface area contributed by atoms with Crippen LogP contribution in [0, 0.1) is 0 Å². The summed E-state index contributed by atoms with van der Waals surface area (Å²) >= 11 is 0. The summed E-state index contributed by atoms with van der Waals surface area (Å²) in [5, 5.41) is 3.93. The Morgan fingerprint density at radius 2 is 2.00 bits per heavy atom. The lowest BCUT2D eigenvalue weighted by Gasteiger charge is -2.21. The van der Waals surface area contributed by atoms with E-state index >= 15 is 0 Å². The van der Waals surface area contributed by atoms with E-state index in [0.717, 1.165) is 17.8 Å². The van der Waals surface area contributed by atoms with Gasteiger partial charge in [0.05, 0.1) is 17.8 Å². The molecule has 1 aromatic rings. The Bertz CT molecular complexity index is 625. The number of hydrogen-bond acceptors (Lipinski definition) is 3. The van der Waals surface area contributed by atoms with E-state index in [1.165, 1.54) is 12.1 Å². The summed E-state index contributed by atoms with van der Waals surface area (Å²) in [6, 6.07) is 4.29. The smallest absolute Gasteiger partial charge is 0.387 e. The van der Waals surface area contributed by atoms with E-state index in [1.54, 1.807) is 4.90 Å². The minimum atomic E-state index is -4.40. The van der Waals surface area contributed by atoms with E-state index in [-0.39, 0.29) is 11.5 Å². The molecule has 0 saturated carbocycles. The maximum absolute atomic E-state index is 12.5. The summed E-state index contributed by atoms with van der Waals surface area (Å²) in [6.07, 6.45) is -3.03. The highest BCUT2D eigenvalue weighted by molar-refractivity contribution is 5.94. The Kier molecular flexibility index (Phi) is 3.38. The molecule has 2 heterocycles. The van der Waals surface area contributed by atoms with Crippen LogP contribution >= 0.6 is 0 Å². The molecule has 0 aliphatic carbocycles. The average Bonchev–Trinajstić information content (AvgIpc) is 3.04. The number of rotatable bonds is 1. The molecule has 2 aliphatic rings. The van der Waals surface area contributed by atoms with E-state index in [1.807, 2.05) is 6.92 Å². The van der Waals surface area contributed by atoms with Crippen molar-refractivity contribution in [2.75, 3.05) is 13.1 Å². The third-order valence-electron chi connectivity index (χ3n) is 4.04. The fourth-order valence-corrected chi connectivity index (χ4v) is 2.93. The van der Waals surface area contributed by atoms with Crippen molar-refractivity contribution in [1.82, 2.24) is 4.90 Å². The molecule has 0 radical (unpaired) electrons. The molecule has 1 aromatic carbocycles. The van der Waals surface area contributed by atoms with Crippen LogP contribution in [0.25, 0.3) is 0 Å². The number of carbonyl (C=O) groups excluding carboxylic acids is 1. The fourth-order valence-electron chi connectivity index (χ4n) is 2.93. The lowest BCUT2D eigenvalue weighted by molar-refractivity contribution is -0.137. The third-order valence-corrected chi connectivity index (χ3v) is 4.04. The van der Waals surface area contributed by atoms with Gasteiger partial charge in [0, 0.05) is 24.9 Å². The minimum Gasteiger partial charge on any atom is -0.387 e. The fraction of sp³-hybridized carbons (Fsp3) is 0.467. The number of carbonyl (C=O) groups is 1. The maximum Gasteiger partial charge on any atom is 0.416 e. The monoisotopic (exact) mass is 312 g/mol. The molecule has 7 heteroatoms. The average molecular weight is 312 g/mol. The molecule has 0 aromatic heterocycles. The van der Waals surface area contributed by atoms with Crippen LogP contribution in [-0.2, 0) is 11.0 Å². The van der Waals surface area contributed by atoms with Crippen LogP contribution in [0.2, 0.25) is 0 Å². The van der Waals surface area contributed by atoms with Gasteiger partial charge in [-0.25, -0.2) is 0 Å². The van der Waals surface area contributed by atoms with Crippen molar-refractivity contribution in [3.63, 3.8) is 0 Å². The molecule has 4 nitrogen and oxygen atoms in total. The number of halogens is 3. The number of hydrogen-bond donors (Lipinski definition) is 0. The van der Waals surface area contributed by atoms with Crippen molar-refractivity contribution >= 4 is 11.6 Å². The van der Waals surface area contributed by atoms with E-state index in [4.69, 9.17) is 4.84 Å². The van der Waals surface area contributed by atoms with Gasteiger partial charge in [0.25, 0.3) is 5.91 Å². The standard InChI is InChI=1S/C15H15F3N2O2/c1-10-8-14(22-19-10)6-7-20(9-14)13(21)11-2-4-12(5-3-11)15(16,17)18/h2-5H,6-9H2,1H3. The Hall–Kier alpha value is -2.05. The SMILES string of the molecule is CC1=NOC2(CCN(C(=O)c3ccc(C(F)(F)F)cc3)C2)C1. The molecule has 3 rings (SSSR count). The number of benzene rings is 1. The van der Waals surface area contributed by atoms with Gasteiger partial charge in [-0.15, -0.1) is 0 Å². The number of oxime groups is 1. The second-order valence-corrected chi connectivity index (χ2v) is 5.83. The topological polar surface area (TPSA) is 41.9 Å². The molecule has 1 fully saturated rings. The molecule has 1 unspecified atom stereocenters. The van der Waals surface area contributed by atoms with Gasteiger partial charge >= 0.3 is 6.18 Å². The van der Waals surface area contributed by atoms with Crippen LogP contribution in [0.1, 0.15) is 35.7 Å². The molecule has 1 atom stereocenters. The van der Waals surface area contributed by atoms with Gasteiger partial charge in [0.2, 0.25) is 0 Å². The summed E-state index contributed by atoms with van der Waals surface area (Å²) < 4.78 is 37.6. The first kappa shape index (κ1) is 14.9. The number of amides is 1. The van der Waals surface area contributed by atoms with Gasteiger partial charge in [-0.3, -0.25) is 4.79 Å². The highest BCUT2D eigenvalue weighted by atomic mass is 19.4. The predicted molar refractivity (Wildman–Crippen MR) is 73.5 cm³/mol. The van der Waals surface area contributed by atoms with Crippen LogP contribution in [-0.4, -0.2) is 35.2 Å². The first-order valence-electron chi connectivity index (χ1n) is 6.97. The van der Waals surface area contributed by atoms with E-state index < -0.39 is 17.3 Å². The van der Waals surface area contributed by atoms with Gasteiger partial charge in [0.1, 0.15) is 0 Å². The zero-order chi connectivity index (χ0) is 16.0. The number of likely N-dealkylation sites (tertiary alicyclic amines) is 1. The number of alkyl halides is 3. The molecule has 0 bridgehead atoms. The molecular formula is C15H15F3N2O2. The summed E-state index contributed by atoms with van der Waals surface area (Å²) in [6.45, 7) is 2.80. The normalized spacial score (nSPS) is 24.5. The molecule has 2 aliphatic heterocycles. The van der Waals surface area contributed by atoms with Crippen molar-refractivity contribution in [2.45, 2.75) is 31.5 Å². The maximum atomic E-state index is 12.5. The van der Waals surface area contributed by atoms with Crippen molar-refractivity contribution in [1.29, 1.82) is 0 Å². The molecule has 22 heavy (non-hydrogen) atoms. The summed E-state index contributed by atoms with van der Waals surface area (Å²) in [4.78, 5) is 19.4. The molecular weight excluding hydrogens is 297 g/mol. The van der Waals surface area contributed by atoms with Crippen molar-refractivity contribution in [3.05, 3.63) is 35.4 Å². The van der Waals surface area contributed by atoms with E-state index in [2.05, 4.69) is 5.16 Å². The van der Waals surface area contributed by atoms with Crippen molar-refractivity contribution < 1.29 is 22.8 Å². The number of nitrogens with zero attached hydrogens (tertiary/aromatic N) is 2. The molecule has 118 valence electrons. The van der Waals surface area contributed by atoms with E-state index in [0.29, 0.717) is 25.9 Å². The molecule has 1 saturated heterocycles. The molecule has 1 spiro atoms. The quantitative estimate of drug-likeness (QED) is 0.799. The lowest BCUT2D eigenvalue weighted by Crippen LogP contribution is -2.36. The summed E-state index contributed by atoms with van der Waals surface area (Å²) in [7, 11) is 0. The van der Waals surface area contributed by atoms with Crippen LogP contribution in [0.5, 0.6) is 0 Å². The van der Waals surface area contributed by atoms with Crippen LogP contribution in [0.4, 0.5) is 13.2 Å². The summed E-state index contributed by atoms with van der Waals surface area (Å²) in [5.74, 6) is -0.279. The van der Waals surface area contributed by atoms with Gasteiger partial charge in [-0.05, 0) is 31.2 Å². The van der Waals surface area contributed by atoms with Crippen LogP contribution in [0.15, 0.2) is 29.4 Å². The zero-order valence-electron chi connectivity index (χ0n) is 12.0. The van der Waals surface area contributed by atoms with Gasteiger partial charge in [0.15, 0.2) is 5.60 Å². The van der Waals surface area contributed by atoms with Crippen LogP contribution in [0.3, 0.4) is 0 Å². The van der Waals surface area contributed by atoms with Gasteiger partial charge < -0.3 is 9.74 Å². The Morgan fingerprint density at radius 3 is 2.55 bits per heavy atom. The molecule has 1 amide bonds.